The maximum atomic E-state index is 12.3. The normalized spacial score (nSPS) is 12.2. The molecule has 3 aromatic rings. The molecule has 0 unspecified atom stereocenters. The average molecular weight is 417 g/mol. The highest BCUT2D eigenvalue weighted by Gasteiger charge is 2.33. The molecule has 0 spiro atoms. The van der Waals surface area contributed by atoms with Crippen molar-refractivity contribution < 1.29 is 20.8 Å². The molecule has 7 nitrogen and oxygen atoms in total. The number of halogens is 4. The minimum Gasteiger partial charge on any atom is -0.356 e. The van der Waals surface area contributed by atoms with Crippen LogP contribution in [0.15, 0.2) is 30.7 Å². The third kappa shape index (κ3) is 4.50. The molecule has 0 aliphatic carbocycles. The molecular weight excluding hydrogens is 397 g/mol. The third-order valence-corrected chi connectivity index (χ3v) is 4.06. The minimum atomic E-state index is -4.49. The van der Waals surface area contributed by atoms with Crippen molar-refractivity contribution in [3.8, 4) is 11.4 Å². The number of pyridine rings is 1. The lowest BCUT2D eigenvalue weighted by molar-refractivity contribution is -0.140. The van der Waals surface area contributed by atoms with Gasteiger partial charge in [-0.2, -0.15) is 13.2 Å². The van der Waals surface area contributed by atoms with E-state index in [-0.39, 0.29) is 8.67 Å². The Labute approximate surface area is 165 Å². The van der Waals surface area contributed by atoms with E-state index in [1.165, 1.54) is 32.3 Å². The number of hydrogen-bond donors (Lipinski definition) is 3. The molecule has 3 aromatic heterocycles. The number of aromatic amines is 1. The first-order chi connectivity index (χ1) is 13.0. The van der Waals surface area contributed by atoms with Gasteiger partial charge in [0.15, 0.2) is 5.82 Å². The molecule has 0 saturated heterocycles. The van der Waals surface area contributed by atoms with E-state index < -0.39 is 24.2 Å². The molecule has 0 aliphatic rings. The molecule has 1 amide bonds. The fourth-order valence-corrected chi connectivity index (χ4v) is 2.66. The maximum absolute atomic E-state index is 12.3. The van der Waals surface area contributed by atoms with Crippen molar-refractivity contribution in [3.63, 3.8) is 0 Å². The molecular formula is C17H20ClF3N6O. The quantitative estimate of drug-likeness (QED) is 0.583. The predicted octanol–water partition coefficient (Wildman–Crippen LogP) is 4.03. The zero-order chi connectivity index (χ0) is 20.5. The van der Waals surface area contributed by atoms with Crippen LogP contribution in [-0.2, 0) is 4.79 Å². The van der Waals surface area contributed by atoms with Crippen molar-refractivity contribution in [1.29, 1.82) is 0 Å². The predicted molar refractivity (Wildman–Crippen MR) is 103 cm³/mol. The molecule has 0 radical (unpaired) electrons. The van der Waals surface area contributed by atoms with Gasteiger partial charge < -0.3 is 15.6 Å². The third-order valence-electron chi connectivity index (χ3n) is 3.85. The van der Waals surface area contributed by atoms with Gasteiger partial charge in [-0.3, -0.25) is 4.79 Å². The van der Waals surface area contributed by atoms with Crippen molar-refractivity contribution in [2.75, 3.05) is 11.9 Å². The number of nitrogens with one attached hydrogen (secondary N) is 3. The van der Waals surface area contributed by atoms with E-state index >= 15 is 0 Å². The van der Waals surface area contributed by atoms with Crippen molar-refractivity contribution in [3.05, 3.63) is 35.7 Å². The molecule has 152 valence electrons. The second-order valence-electron chi connectivity index (χ2n) is 6.57. The monoisotopic (exact) mass is 416 g/mol. The summed E-state index contributed by atoms with van der Waals surface area (Å²) >= 11 is 6.00. The summed E-state index contributed by atoms with van der Waals surface area (Å²) in [4.78, 5) is 27.8. The summed E-state index contributed by atoms with van der Waals surface area (Å²) in [6, 6.07) is 3.23. The number of aromatic nitrogens is 4. The minimum absolute atomic E-state index is 0. The van der Waals surface area contributed by atoms with Crippen LogP contribution in [0.2, 0.25) is 5.02 Å². The molecule has 3 N–H and O–H groups in total. The first kappa shape index (κ1) is 19.9. The lowest BCUT2D eigenvalue weighted by Gasteiger charge is -2.26. The van der Waals surface area contributed by atoms with Crippen molar-refractivity contribution >= 4 is 34.4 Å². The Morgan fingerprint density at radius 1 is 1.32 bits per heavy atom. The van der Waals surface area contributed by atoms with E-state index in [0.29, 0.717) is 27.4 Å². The van der Waals surface area contributed by atoms with Gasteiger partial charge in [0.25, 0.3) is 0 Å². The highest BCUT2D eigenvalue weighted by Crippen LogP contribution is 2.28. The van der Waals surface area contributed by atoms with Crippen LogP contribution in [0, 0.1) is 0 Å². The van der Waals surface area contributed by atoms with Crippen LogP contribution in [-0.4, -0.2) is 44.1 Å². The fourth-order valence-electron chi connectivity index (χ4n) is 2.50. The molecule has 0 bridgehead atoms. The smallest absolute Gasteiger partial charge is 0.356 e. The maximum Gasteiger partial charge on any atom is 0.405 e. The first-order valence-corrected chi connectivity index (χ1v) is 8.52. The van der Waals surface area contributed by atoms with Gasteiger partial charge in [0, 0.05) is 32.4 Å². The van der Waals surface area contributed by atoms with Gasteiger partial charge in [0.2, 0.25) is 5.91 Å². The summed E-state index contributed by atoms with van der Waals surface area (Å²) < 4.78 is 37.0. The lowest BCUT2D eigenvalue weighted by atomic mass is 10.0. The van der Waals surface area contributed by atoms with Gasteiger partial charge in [0.1, 0.15) is 23.5 Å². The number of fused-ring (bicyclic) bond motifs is 1. The highest BCUT2D eigenvalue weighted by atomic mass is 35.5. The van der Waals surface area contributed by atoms with Crippen LogP contribution in [0.1, 0.15) is 16.7 Å². The van der Waals surface area contributed by atoms with E-state index in [4.69, 9.17) is 11.6 Å². The Bertz CT molecular complexity index is 1030. The summed E-state index contributed by atoms with van der Waals surface area (Å²) in [5, 5.41) is 5.86. The Morgan fingerprint density at radius 2 is 2.07 bits per heavy atom. The zero-order valence-corrected chi connectivity index (χ0v) is 15.6. The molecule has 0 atom stereocenters. The summed E-state index contributed by atoms with van der Waals surface area (Å²) in [6.45, 7) is 1.50. The highest BCUT2D eigenvalue weighted by molar-refractivity contribution is 6.31. The van der Waals surface area contributed by atoms with Crippen LogP contribution in [0.25, 0.3) is 22.4 Å². The molecule has 28 heavy (non-hydrogen) atoms. The number of H-pyrrole nitrogens is 1. The standard InChI is InChI=1S/C17H16ClF3N6O.2H2/c1-16(2,15(28)25-8-17(19,20)21)27-12-3-4-22-14(26-12)11-7-24-13-10(11)5-9(18)6-23-13;;/h3-7H,8H2,1-2H3,(H,23,24)(H,25,28)(H,22,26,27);2*1H. The van der Waals surface area contributed by atoms with Gasteiger partial charge in [0.05, 0.1) is 5.02 Å². The number of nitrogens with zero attached hydrogens (tertiary/aromatic N) is 3. The Morgan fingerprint density at radius 3 is 2.79 bits per heavy atom. The van der Waals surface area contributed by atoms with Crippen molar-refractivity contribution in [2.24, 2.45) is 0 Å². The van der Waals surface area contributed by atoms with Gasteiger partial charge >= 0.3 is 6.18 Å². The Balaban J connectivity index is 0.00000225. The van der Waals surface area contributed by atoms with Gasteiger partial charge in [-0.15, -0.1) is 0 Å². The van der Waals surface area contributed by atoms with Crippen LogP contribution in [0.3, 0.4) is 0 Å². The largest absolute Gasteiger partial charge is 0.405 e. The Hall–Kier alpha value is -2.88. The molecule has 3 rings (SSSR count). The summed E-state index contributed by atoms with van der Waals surface area (Å²) in [5.74, 6) is -0.193. The van der Waals surface area contributed by atoms with E-state index in [0.717, 1.165) is 0 Å². The van der Waals surface area contributed by atoms with Gasteiger partial charge in [-0.1, -0.05) is 11.6 Å². The van der Waals surface area contributed by atoms with E-state index in [1.807, 2.05) is 5.32 Å². The summed E-state index contributed by atoms with van der Waals surface area (Å²) in [5.41, 5.74) is -0.0803. The second kappa shape index (κ2) is 7.27. The van der Waals surface area contributed by atoms with Crippen LogP contribution in [0.5, 0.6) is 0 Å². The Kier molecular flexibility index (Phi) is 5.16. The molecule has 0 saturated carbocycles. The average Bonchev–Trinajstić information content (AvgIpc) is 3.01. The van der Waals surface area contributed by atoms with E-state index in [2.05, 4.69) is 25.3 Å². The number of hydrogen-bond acceptors (Lipinski definition) is 5. The summed E-state index contributed by atoms with van der Waals surface area (Å²) in [7, 11) is 0. The topological polar surface area (TPSA) is 95.6 Å². The number of alkyl halides is 3. The number of amides is 1. The van der Waals surface area contributed by atoms with Crippen LogP contribution in [0.4, 0.5) is 19.0 Å². The van der Waals surface area contributed by atoms with Crippen LogP contribution >= 0.6 is 11.6 Å². The van der Waals surface area contributed by atoms with Crippen molar-refractivity contribution in [2.45, 2.75) is 25.6 Å². The molecule has 0 fully saturated rings. The summed E-state index contributed by atoms with van der Waals surface area (Å²) in [6.07, 6.45) is 0.170. The van der Waals surface area contributed by atoms with Gasteiger partial charge in [-0.05, 0) is 26.0 Å². The van der Waals surface area contributed by atoms with E-state index in [1.54, 1.807) is 12.3 Å². The molecule has 11 heteroatoms. The first-order valence-electron chi connectivity index (χ1n) is 8.14. The van der Waals surface area contributed by atoms with Crippen molar-refractivity contribution in [1.82, 2.24) is 25.3 Å². The number of carbonyl (C=O) groups is 1. The molecule has 0 aliphatic heterocycles. The zero-order valence-electron chi connectivity index (χ0n) is 14.9. The SMILES string of the molecule is CC(C)(Nc1ccnc(-c2c[nH]c3ncc(Cl)cc23)n1)C(=O)NCC(F)(F)F.[HH].[HH]. The fraction of sp³-hybridized carbons (Fsp3) is 0.294. The molecule has 3 heterocycles. The van der Waals surface area contributed by atoms with E-state index in [9.17, 15) is 18.0 Å². The second-order valence-corrected chi connectivity index (χ2v) is 7.00. The number of anilines is 1. The lowest BCUT2D eigenvalue weighted by Crippen LogP contribution is -2.50. The van der Waals surface area contributed by atoms with Gasteiger partial charge in [-0.25, -0.2) is 15.0 Å². The number of rotatable bonds is 5. The van der Waals surface area contributed by atoms with Crippen LogP contribution < -0.4 is 10.6 Å². The number of carbonyl (C=O) groups excluding carboxylic acids is 1. The molecule has 0 aromatic carbocycles.